The van der Waals surface area contributed by atoms with E-state index in [1.54, 1.807) is 13.0 Å². The molecule has 108 valence electrons. The number of halogens is 2. The number of nitrogens with one attached hydrogen (secondary N) is 1. The van der Waals surface area contributed by atoms with Gasteiger partial charge in [-0.2, -0.15) is 0 Å². The largest absolute Gasteiger partial charge is 0.348 e. The van der Waals surface area contributed by atoms with Crippen LogP contribution in [-0.2, 0) is 0 Å². The number of hydrogen-bond donors (Lipinski definition) is 2. The van der Waals surface area contributed by atoms with Crippen molar-refractivity contribution in [3.63, 3.8) is 0 Å². The van der Waals surface area contributed by atoms with Crippen LogP contribution in [0.25, 0.3) is 0 Å². The van der Waals surface area contributed by atoms with Crippen molar-refractivity contribution in [2.24, 2.45) is 11.7 Å². The van der Waals surface area contributed by atoms with E-state index < -0.39 is 11.7 Å². The molecular weight excluding hydrogens is 267 g/mol. The van der Waals surface area contributed by atoms with Crippen LogP contribution in [0.4, 0.5) is 4.39 Å². The van der Waals surface area contributed by atoms with E-state index >= 15 is 0 Å². The van der Waals surface area contributed by atoms with Crippen LogP contribution in [-0.4, -0.2) is 18.5 Å². The van der Waals surface area contributed by atoms with Crippen molar-refractivity contribution >= 4 is 18.3 Å². The molecular formula is C14H22ClFN2O. The minimum atomic E-state index is -0.493. The highest BCUT2D eigenvalue weighted by Crippen LogP contribution is 2.11. The molecule has 1 aromatic carbocycles. The predicted molar refractivity (Wildman–Crippen MR) is 78.1 cm³/mol. The van der Waals surface area contributed by atoms with Gasteiger partial charge in [-0.3, -0.25) is 4.79 Å². The number of carbonyl (C=O) groups is 1. The van der Waals surface area contributed by atoms with Crippen molar-refractivity contribution in [1.29, 1.82) is 0 Å². The Morgan fingerprint density at radius 2 is 2.05 bits per heavy atom. The summed E-state index contributed by atoms with van der Waals surface area (Å²) < 4.78 is 13.6. The Hall–Kier alpha value is -1.13. The monoisotopic (exact) mass is 288 g/mol. The highest BCUT2D eigenvalue weighted by Gasteiger charge is 2.16. The SMILES string of the molecule is Cc1ccc(C(=O)NC(CN)CC(C)C)c(F)c1.Cl. The molecule has 0 saturated heterocycles. The molecule has 0 saturated carbocycles. The maximum Gasteiger partial charge on any atom is 0.254 e. The van der Waals surface area contributed by atoms with Gasteiger partial charge in [-0.15, -0.1) is 12.4 Å². The highest BCUT2D eigenvalue weighted by molar-refractivity contribution is 5.94. The molecule has 0 aliphatic carbocycles. The molecule has 0 spiro atoms. The Labute approximate surface area is 120 Å². The molecule has 1 aromatic rings. The summed E-state index contributed by atoms with van der Waals surface area (Å²) in [5, 5.41) is 2.77. The topological polar surface area (TPSA) is 55.1 Å². The molecule has 0 aliphatic rings. The van der Waals surface area contributed by atoms with Crippen LogP contribution in [0, 0.1) is 18.7 Å². The summed E-state index contributed by atoms with van der Waals surface area (Å²) in [5.74, 6) is -0.460. The number of carbonyl (C=O) groups excluding carboxylic acids is 1. The standard InChI is InChI=1S/C14H21FN2O.ClH/c1-9(2)6-11(8-16)17-14(18)12-5-4-10(3)7-13(12)15;/h4-5,7,9,11H,6,8,16H2,1-3H3,(H,17,18);1H. The Morgan fingerprint density at radius 1 is 1.42 bits per heavy atom. The van der Waals surface area contributed by atoms with Gasteiger partial charge in [0.25, 0.3) is 5.91 Å². The maximum atomic E-state index is 13.6. The lowest BCUT2D eigenvalue weighted by atomic mass is 10.0. The number of aryl methyl sites for hydroxylation is 1. The van der Waals surface area contributed by atoms with Crippen molar-refractivity contribution in [3.05, 3.63) is 35.1 Å². The third kappa shape index (κ3) is 5.57. The highest BCUT2D eigenvalue weighted by atomic mass is 35.5. The van der Waals surface area contributed by atoms with E-state index in [4.69, 9.17) is 5.73 Å². The minimum absolute atomic E-state index is 0. The van der Waals surface area contributed by atoms with E-state index in [-0.39, 0.29) is 24.0 Å². The Bertz CT molecular complexity index is 424. The lowest BCUT2D eigenvalue weighted by molar-refractivity contribution is 0.0929. The molecule has 1 unspecified atom stereocenters. The summed E-state index contributed by atoms with van der Waals surface area (Å²) in [6.07, 6.45) is 0.787. The molecule has 5 heteroatoms. The average Bonchev–Trinajstić information content (AvgIpc) is 2.27. The number of rotatable bonds is 5. The van der Waals surface area contributed by atoms with E-state index in [1.807, 2.05) is 0 Å². The van der Waals surface area contributed by atoms with Gasteiger partial charge in [-0.25, -0.2) is 4.39 Å². The second-order valence-corrected chi connectivity index (χ2v) is 5.02. The summed E-state index contributed by atoms with van der Waals surface area (Å²) in [6.45, 7) is 6.26. The van der Waals surface area contributed by atoms with Crippen molar-refractivity contribution in [1.82, 2.24) is 5.32 Å². The molecule has 1 atom stereocenters. The van der Waals surface area contributed by atoms with E-state index in [0.29, 0.717) is 12.5 Å². The van der Waals surface area contributed by atoms with Gasteiger partial charge in [0.1, 0.15) is 5.82 Å². The number of nitrogens with two attached hydrogens (primary N) is 1. The zero-order valence-electron chi connectivity index (χ0n) is 11.6. The summed E-state index contributed by atoms with van der Waals surface area (Å²) >= 11 is 0. The van der Waals surface area contributed by atoms with Crippen molar-refractivity contribution in [2.45, 2.75) is 33.2 Å². The first-order valence-corrected chi connectivity index (χ1v) is 6.21. The Morgan fingerprint density at radius 3 is 2.53 bits per heavy atom. The third-order valence-electron chi connectivity index (χ3n) is 2.74. The van der Waals surface area contributed by atoms with Crippen LogP contribution in [0.1, 0.15) is 36.2 Å². The first-order chi connectivity index (χ1) is 8.43. The van der Waals surface area contributed by atoms with Gasteiger partial charge in [-0.1, -0.05) is 19.9 Å². The molecule has 3 N–H and O–H groups in total. The molecule has 0 aliphatic heterocycles. The molecule has 0 bridgehead atoms. The minimum Gasteiger partial charge on any atom is -0.348 e. The van der Waals surface area contributed by atoms with Crippen molar-refractivity contribution in [2.75, 3.05) is 6.54 Å². The van der Waals surface area contributed by atoms with Crippen LogP contribution in [0.15, 0.2) is 18.2 Å². The van der Waals surface area contributed by atoms with E-state index in [2.05, 4.69) is 19.2 Å². The summed E-state index contributed by atoms with van der Waals surface area (Å²) in [4.78, 5) is 11.9. The lowest BCUT2D eigenvalue weighted by Crippen LogP contribution is -2.41. The van der Waals surface area contributed by atoms with Gasteiger partial charge in [0.2, 0.25) is 0 Å². The number of benzene rings is 1. The second kappa shape index (κ2) is 8.12. The average molecular weight is 289 g/mol. The van der Waals surface area contributed by atoms with Gasteiger partial charge in [0.15, 0.2) is 0 Å². The van der Waals surface area contributed by atoms with Gasteiger partial charge in [-0.05, 0) is 37.0 Å². The molecule has 0 aromatic heterocycles. The fourth-order valence-electron chi connectivity index (χ4n) is 1.85. The zero-order valence-corrected chi connectivity index (χ0v) is 12.4. The molecule has 0 radical (unpaired) electrons. The molecule has 1 amide bonds. The summed E-state index contributed by atoms with van der Waals surface area (Å²) in [5.41, 5.74) is 6.47. The van der Waals surface area contributed by atoms with Crippen molar-refractivity contribution in [3.8, 4) is 0 Å². The quantitative estimate of drug-likeness (QED) is 0.875. The first kappa shape index (κ1) is 17.9. The fourth-order valence-corrected chi connectivity index (χ4v) is 1.85. The fraction of sp³-hybridized carbons (Fsp3) is 0.500. The van der Waals surface area contributed by atoms with Crippen LogP contribution >= 0.6 is 12.4 Å². The molecule has 0 heterocycles. The van der Waals surface area contributed by atoms with E-state index in [9.17, 15) is 9.18 Å². The van der Waals surface area contributed by atoms with E-state index in [1.165, 1.54) is 12.1 Å². The van der Waals surface area contributed by atoms with Gasteiger partial charge >= 0.3 is 0 Å². The normalized spacial score (nSPS) is 11.9. The number of hydrogen-bond acceptors (Lipinski definition) is 2. The maximum absolute atomic E-state index is 13.6. The third-order valence-corrected chi connectivity index (χ3v) is 2.74. The van der Waals surface area contributed by atoms with Gasteiger partial charge in [0.05, 0.1) is 5.56 Å². The second-order valence-electron chi connectivity index (χ2n) is 5.02. The van der Waals surface area contributed by atoms with E-state index in [0.717, 1.165) is 12.0 Å². The van der Waals surface area contributed by atoms with Gasteiger partial charge < -0.3 is 11.1 Å². The van der Waals surface area contributed by atoms with Crippen LogP contribution in [0.2, 0.25) is 0 Å². The molecule has 1 rings (SSSR count). The molecule has 3 nitrogen and oxygen atoms in total. The molecule has 19 heavy (non-hydrogen) atoms. The van der Waals surface area contributed by atoms with Crippen molar-refractivity contribution < 1.29 is 9.18 Å². The first-order valence-electron chi connectivity index (χ1n) is 6.21. The van der Waals surface area contributed by atoms with Crippen LogP contribution < -0.4 is 11.1 Å². The summed E-state index contributed by atoms with van der Waals surface area (Å²) in [7, 11) is 0. The summed E-state index contributed by atoms with van der Waals surface area (Å²) in [6, 6.07) is 4.47. The lowest BCUT2D eigenvalue weighted by Gasteiger charge is -2.19. The Balaban J connectivity index is 0.00000324. The van der Waals surface area contributed by atoms with Gasteiger partial charge in [0, 0.05) is 12.6 Å². The van der Waals surface area contributed by atoms with Crippen LogP contribution in [0.5, 0.6) is 0 Å². The number of amides is 1. The smallest absolute Gasteiger partial charge is 0.254 e. The predicted octanol–water partition coefficient (Wildman–Crippen LogP) is 2.66. The molecule has 0 fully saturated rings. The Kier molecular flexibility index (Phi) is 7.64. The zero-order chi connectivity index (χ0) is 13.7. The van der Waals surface area contributed by atoms with Crippen LogP contribution in [0.3, 0.4) is 0 Å².